The fraction of sp³-hybridized carbons (Fsp3) is 0.0870. The third-order valence-corrected chi connectivity index (χ3v) is 6.39. The first-order chi connectivity index (χ1) is 15.4. The molecule has 0 saturated carbocycles. The van der Waals surface area contributed by atoms with Crippen LogP contribution in [-0.4, -0.2) is 26.4 Å². The monoisotopic (exact) mass is 530 g/mol. The molecule has 0 atom stereocenters. The zero-order valence-electron chi connectivity index (χ0n) is 16.8. The first-order valence-electron chi connectivity index (χ1n) is 9.57. The van der Waals surface area contributed by atoms with Crippen molar-refractivity contribution in [2.75, 3.05) is 11.1 Å². The number of amides is 1. The highest BCUT2D eigenvalue weighted by atomic mass is 79.9. The number of benzene rings is 3. The third-order valence-electron chi connectivity index (χ3n) is 4.55. The van der Waals surface area contributed by atoms with Crippen molar-refractivity contribution in [3.05, 3.63) is 87.6 Å². The number of rotatable bonds is 6. The topological polar surface area (TPSA) is 59.8 Å². The second-order valence-electron chi connectivity index (χ2n) is 6.95. The van der Waals surface area contributed by atoms with Crippen molar-refractivity contribution in [3.63, 3.8) is 0 Å². The molecular weight excluding hydrogens is 515 g/mol. The molecule has 9 heteroatoms. The van der Waals surface area contributed by atoms with E-state index in [1.807, 2.05) is 37.3 Å². The molecule has 32 heavy (non-hydrogen) atoms. The van der Waals surface area contributed by atoms with Crippen molar-refractivity contribution in [1.29, 1.82) is 0 Å². The number of carbonyl (C=O) groups excluding carboxylic acids is 1. The molecule has 1 aromatic heterocycles. The summed E-state index contributed by atoms with van der Waals surface area (Å²) in [7, 11) is 0. The number of hydrogen-bond donors (Lipinski definition) is 1. The van der Waals surface area contributed by atoms with E-state index in [4.69, 9.17) is 11.6 Å². The highest BCUT2D eigenvalue weighted by molar-refractivity contribution is 9.10. The summed E-state index contributed by atoms with van der Waals surface area (Å²) in [6, 6.07) is 18.9. The van der Waals surface area contributed by atoms with Gasteiger partial charge in [0.05, 0.1) is 11.4 Å². The number of nitrogens with one attached hydrogen (secondary N) is 1. The lowest BCUT2D eigenvalue weighted by Gasteiger charge is -2.11. The van der Waals surface area contributed by atoms with Crippen molar-refractivity contribution in [2.45, 2.75) is 12.1 Å². The maximum Gasteiger partial charge on any atom is 0.234 e. The van der Waals surface area contributed by atoms with Crippen LogP contribution in [0.2, 0.25) is 5.02 Å². The molecule has 0 aliphatic carbocycles. The number of anilines is 1. The molecule has 0 unspecified atom stereocenters. The number of aromatic nitrogens is 3. The first kappa shape index (κ1) is 22.5. The van der Waals surface area contributed by atoms with Crippen LogP contribution in [-0.2, 0) is 4.79 Å². The van der Waals surface area contributed by atoms with E-state index in [9.17, 15) is 9.18 Å². The van der Waals surface area contributed by atoms with Crippen LogP contribution in [0.1, 0.15) is 5.56 Å². The van der Waals surface area contributed by atoms with Gasteiger partial charge < -0.3 is 5.32 Å². The van der Waals surface area contributed by atoms with Gasteiger partial charge >= 0.3 is 0 Å². The normalized spacial score (nSPS) is 10.9. The van der Waals surface area contributed by atoms with E-state index in [-0.39, 0.29) is 17.5 Å². The van der Waals surface area contributed by atoms with E-state index in [1.165, 1.54) is 23.9 Å². The molecule has 0 bridgehead atoms. The van der Waals surface area contributed by atoms with Crippen LogP contribution in [0.4, 0.5) is 10.1 Å². The minimum absolute atomic E-state index is 0.125. The van der Waals surface area contributed by atoms with Gasteiger partial charge in [0.25, 0.3) is 0 Å². The summed E-state index contributed by atoms with van der Waals surface area (Å²) in [5.41, 5.74) is 3.27. The lowest BCUT2D eigenvalue weighted by molar-refractivity contribution is -0.113. The number of nitrogens with zero attached hydrogens (tertiary/aromatic N) is 3. The average molecular weight is 532 g/mol. The average Bonchev–Trinajstić information content (AvgIpc) is 3.19. The van der Waals surface area contributed by atoms with E-state index in [0.29, 0.717) is 27.4 Å². The Morgan fingerprint density at radius 3 is 2.50 bits per heavy atom. The molecule has 4 aromatic rings. The van der Waals surface area contributed by atoms with E-state index in [1.54, 1.807) is 28.8 Å². The lowest BCUT2D eigenvalue weighted by atomic mass is 10.2. The van der Waals surface area contributed by atoms with Crippen LogP contribution in [0, 0.1) is 12.7 Å². The Morgan fingerprint density at radius 1 is 1.09 bits per heavy atom. The van der Waals surface area contributed by atoms with Crippen LogP contribution in [0.25, 0.3) is 17.1 Å². The first-order valence-corrected chi connectivity index (χ1v) is 11.7. The van der Waals surface area contributed by atoms with Gasteiger partial charge in [-0.25, -0.2) is 4.39 Å². The Labute approximate surface area is 202 Å². The molecule has 3 aromatic carbocycles. The minimum atomic E-state index is -0.341. The van der Waals surface area contributed by atoms with Gasteiger partial charge in [0.15, 0.2) is 11.0 Å². The molecule has 0 radical (unpaired) electrons. The summed E-state index contributed by atoms with van der Waals surface area (Å²) in [6.45, 7) is 1.98. The Hall–Kier alpha value is -2.68. The zero-order chi connectivity index (χ0) is 22.7. The molecule has 162 valence electrons. The standard InChI is InChI=1S/C23H17BrClFN4OS/c1-14-2-11-20(19(24)12-14)27-21(31)13-32-23-29-28-22(15-3-5-16(25)6-4-15)30(23)18-9-7-17(26)8-10-18/h2-12H,13H2,1H3,(H,27,31). The van der Waals surface area contributed by atoms with Crippen molar-refractivity contribution < 1.29 is 9.18 Å². The summed E-state index contributed by atoms with van der Waals surface area (Å²) in [5, 5.41) is 12.6. The molecule has 1 amide bonds. The summed E-state index contributed by atoms with van der Waals surface area (Å²) in [6.07, 6.45) is 0. The van der Waals surface area contributed by atoms with E-state index in [0.717, 1.165) is 15.6 Å². The van der Waals surface area contributed by atoms with E-state index < -0.39 is 0 Å². The second kappa shape index (κ2) is 9.85. The van der Waals surface area contributed by atoms with Crippen molar-refractivity contribution >= 4 is 50.9 Å². The molecule has 4 rings (SSSR count). The van der Waals surface area contributed by atoms with Gasteiger partial charge in [-0.15, -0.1) is 10.2 Å². The number of hydrogen-bond acceptors (Lipinski definition) is 4. The maximum atomic E-state index is 13.5. The molecule has 0 saturated heterocycles. The SMILES string of the molecule is Cc1ccc(NC(=O)CSc2nnc(-c3ccc(Cl)cc3)n2-c2ccc(F)cc2)c(Br)c1. The molecule has 0 fully saturated rings. The fourth-order valence-corrected chi connectivity index (χ4v) is 4.48. The van der Waals surface area contributed by atoms with Crippen molar-refractivity contribution in [1.82, 2.24) is 14.8 Å². The largest absolute Gasteiger partial charge is 0.324 e. The second-order valence-corrected chi connectivity index (χ2v) is 9.18. The summed E-state index contributed by atoms with van der Waals surface area (Å²) >= 11 is 10.7. The highest BCUT2D eigenvalue weighted by Crippen LogP contribution is 2.29. The van der Waals surface area contributed by atoms with E-state index >= 15 is 0 Å². The minimum Gasteiger partial charge on any atom is -0.324 e. The van der Waals surface area contributed by atoms with Crippen LogP contribution < -0.4 is 5.32 Å². The Balaban J connectivity index is 1.60. The fourth-order valence-electron chi connectivity index (χ4n) is 3.01. The van der Waals surface area contributed by atoms with Crippen LogP contribution >= 0.6 is 39.3 Å². The van der Waals surface area contributed by atoms with Gasteiger partial charge in [-0.3, -0.25) is 9.36 Å². The Bertz CT molecular complexity index is 1260. The predicted octanol–water partition coefficient (Wildman–Crippen LogP) is 6.53. The van der Waals surface area contributed by atoms with Crippen molar-refractivity contribution in [3.8, 4) is 17.1 Å². The number of halogens is 3. The summed E-state index contributed by atoms with van der Waals surface area (Å²) < 4.78 is 16.1. The maximum absolute atomic E-state index is 13.5. The third kappa shape index (κ3) is 5.20. The summed E-state index contributed by atoms with van der Waals surface area (Å²) in [4.78, 5) is 12.6. The number of aryl methyl sites for hydroxylation is 1. The van der Waals surface area contributed by atoms with Crippen LogP contribution in [0.15, 0.2) is 76.4 Å². The van der Waals surface area contributed by atoms with Crippen LogP contribution in [0.3, 0.4) is 0 Å². The van der Waals surface area contributed by atoms with Gasteiger partial charge in [0, 0.05) is 20.7 Å². The number of carbonyl (C=O) groups is 1. The molecule has 0 aliphatic heterocycles. The van der Waals surface area contributed by atoms with Crippen molar-refractivity contribution in [2.24, 2.45) is 0 Å². The predicted molar refractivity (Wildman–Crippen MR) is 130 cm³/mol. The number of thioether (sulfide) groups is 1. The van der Waals surface area contributed by atoms with Gasteiger partial charge in [-0.2, -0.15) is 0 Å². The molecule has 1 N–H and O–H groups in total. The summed E-state index contributed by atoms with van der Waals surface area (Å²) in [5.74, 6) is 0.172. The highest BCUT2D eigenvalue weighted by Gasteiger charge is 2.18. The Morgan fingerprint density at radius 2 is 1.81 bits per heavy atom. The van der Waals surface area contributed by atoms with Gasteiger partial charge in [0.2, 0.25) is 5.91 Å². The molecule has 5 nitrogen and oxygen atoms in total. The smallest absolute Gasteiger partial charge is 0.234 e. The quantitative estimate of drug-likeness (QED) is 0.287. The van der Waals surface area contributed by atoms with Crippen LogP contribution in [0.5, 0.6) is 0 Å². The zero-order valence-corrected chi connectivity index (χ0v) is 20.0. The van der Waals surface area contributed by atoms with E-state index in [2.05, 4.69) is 31.4 Å². The van der Waals surface area contributed by atoms with Gasteiger partial charge in [-0.1, -0.05) is 29.4 Å². The van der Waals surface area contributed by atoms with Gasteiger partial charge in [0.1, 0.15) is 5.82 Å². The molecule has 1 heterocycles. The molecular formula is C23H17BrClFN4OS. The molecule has 0 aliphatic rings. The Kier molecular flexibility index (Phi) is 6.93. The molecule has 0 spiro atoms. The van der Waals surface area contributed by atoms with Gasteiger partial charge in [-0.05, 0) is 89.1 Å². The lowest BCUT2D eigenvalue weighted by Crippen LogP contribution is -2.15.